The highest BCUT2D eigenvalue weighted by molar-refractivity contribution is 7.80. The second-order valence-corrected chi connectivity index (χ2v) is 6.46. The Bertz CT molecular complexity index is 311. The first-order valence-electron chi connectivity index (χ1n) is 7.56. The van der Waals surface area contributed by atoms with Gasteiger partial charge in [0, 0.05) is 18.9 Å². The van der Waals surface area contributed by atoms with Crippen LogP contribution in [0.2, 0.25) is 0 Å². The highest BCUT2D eigenvalue weighted by atomic mass is 32.3. The SMILES string of the molecule is O=S(=O)(O)O.SCCNCCCCCCOC1CCCC1. The maximum Gasteiger partial charge on any atom is 0.394 e. The van der Waals surface area contributed by atoms with Crippen molar-refractivity contribution in [3.05, 3.63) is 0 Å². The first-order valence-corrected chi connectivity index (χ1v) is 9.59. The lowest BCUT2D eigenvalue weighted by atomic mass is 10.2. The van der Waals surface area contributed by atoms with E-state index >= 15 is 0 Å². The second kappa shape index (κ2) is 13.8. The molecule has 21 heavy (non-hydrogen) atoms. The van der Waals surface area contributed by atoms with Gasteiger partial charge in [-0.3, -0.25) is 9.11 Å². The van der Waals surface area contributed by atoms with Gasteiger partial charge in [0.25, 0.3) is 0 Å². The summed E-state index contributed by atoms with van der Waals surface area (Å²) in [5.74, 6) is 0.940. The fourth-order valence-electron chi connectivity index (χ4n) is 2.21. The van der Waals surface area contributed by atoms with Crippen LogP contribution in [0.25, 0.3) is 0 Å². The summed E-state index contributed by atoms with van der Waals surface area (Å²) in [6.07, 6.45) is 11.1. The van der Waals surface area contributed by atoms with E-state index in [0.717, 1.165) is 25.4 Å². The van der Waals surface area contributed by atoms with E-state index in [4.69, 9.17) is 22.3 Å². The monoisotopic (exact) mass is 343 g/mol. The van der Waals surface area contributed by atoms with Gasteiger partial charge in [-0.25, -0.2) is 0 Å². The number of unbranched alkanes of at least 4 members (excludes halogenated alkanes) is 3. The molecule has 1 rings (SSSR count). The first-order chi connectivity index (χ1) is 9.93. The van der Waals surface area contributed by atoms with Crippen LogP contribution in [0.15, 0.2) is 0 Å². The van der Waals surface area contributed by atoms with Crippen LogP contribution >= 0.6 is 12.6 Å². The lowest BCUT2D eigenvalue weighted by Gasteiger charge is -2.10. The Morgan fingerprint density at radius 1 is 1.05 bits per heavy atom. The van der Waals surface area contributed by atoms with Gasteiger partial charge >= 0.3 is 10.4 Å². The molecule has 0 aromatic carbocycles. The smallest absolute Gasteiger partial charge is 0.378 e. The predicted octanol–water partition coefficient (Wildman–Crippen LogP) is 2.37. The average Bonchev–Trinajstić information content (AvgIpc) is 2.88. The topological polar surface area (TPSA) is 95.9 Å². The molecule has 1 saturated carbocycles. The van der Waals surface area contributed by atoms with E-state index in [1.54, 1.807) is 0 Å². The first kappa shape index (κ1) is 21.1. The number of ether oxygens (including phenoxy) is 1. The fourth-order valence-corrected chi connectivity index (χ4v) is 2.37. The summed E-state index contributed by atoms with van der Waals surface area (Å²) < 4.78 is 37.4. The molecule has 0 unspecified atom stereocenters. The summed E-state index contributed by atoms with van der Waals surface area (Å²) in [7, 11) is -4.67. The molecule has 6 nitrogen and oxygen atoms in total. The molecule has 0 bridgehead atoms. The Balaban J connectivity index is 0.000000690. The van der Waals surface area contributed by atoms with Crippen molar-refractivity contribution >= 4 is 23.0 Å². The van der Waals surface area contributed by atoms with E-state index in [0.29, 0.717) is 6.10 Å². The van der Waals surface area contributed by atoms with E-state index in [2.05, 4.69) is 17.9 Å². The molecule has 0 aromatic rings. The number of hydrogen-bond donors (Lipinski definition) is 4. The van der Waals surface area contributed by atoms with Crippen LogP contribution in [-0.2, 0) is 15.1 Å². The van der Waals surface area contributed by atoms with Gasteiger partial charge in [0.1, 0.15) is 0 Å². The molecule has 0 atom stereocenters. The zero-order chi connectivity index (χ0) is 16.0. The number of nitrogens with one attached hydrogen (secondary N) is 1. The summed E-state index contributed by atoms with van der Waals surface area (Å²) >= 11 is 4.16. The molecule has 1 aliphatic carbocycles. The molecular weight excluding hydrogens is 314 g/mol. The highest BCUT2D eigenvalue weighted by Gasteiger charge is 2.14. The number of thiol groups is 1. The van der Waals surface area contributed by atoms with Crippen LogP contribution in [0.1, 0.15) is 51.4 Å². The van der Waals surface area contributed by atoms with Gasteiger partial charge in [-0.1, -0.05) is 25.7 Å². The van der Waals surface area contributed by atoms with Crippen molar-refractivity contribution in [2.45, 2.75) is 57.5 Å². The van der Waals surface area contributed by atoms with Gasteiger partial charge in [0.15, 0.2) is 0 Å². The van der Waals surface area contributed by atoms with E-state index in [-0.39, 0.29) is 0 Å². The largest absolute Gasteiger partial charge is 0.394 e. The molecule has 8 heteroatoms. The van der Waals surface area contributed by atoms with E-state index in [9.17, 15) is 0 Å². The van der Waals surface area contributed by atoms with Gasteiger partial charge in [-0.2, -0.15) is 21.0 Å². The fraction of sp³-hybridized carbons (Fsp3) is 1.00. The van der Waals surface area contributed by atoms with Crippen molar-refractivity contribution in [1.29, 1.82) is 0 Å². The lowest BCUT2D eigenvalue weighted by molar-refractivity contribution is 0.0556. The number of rotatable bonds is 10. The summed E-state index contributed by atoms with van der Waals surface area (Å²) in [6, 6.07) is 0. The molecule has 0 amide bonds. The van der Waals surface area contributed by atoms with Gasteiger partial charge in [0.2, 0.25) is 0 Å². The molecule has 3 N–H and O–H groups in total. The quantitative estimate of drug-likeness (QED) is 0.276. The standard InChI is InChI=1S/C13H27NOS.H2O4S/c16-12-10-14-9-5-1-2-6-11-15-13-7-3-4-8-13;1-5(2,3)4/h13-14,16H,1-12H2;(H2,1,2,3,4). The van der Waals surface area contributed by atoms with Crippen molar-refractivity contribution in [3.63, 3.8) is 0 Å². The maximum absolute atomic E-state index is 8.74. The van der Waals surface area contributed by atoms with Crippen molar-refractivity contribution in [2.24, 2.45) is 0 Å². The van der Waals surface area contributed by atoms with E-state index in [1.165, 1.54) is 51.4 Å². The summed E-state index contributed by atoms with van der Waals surface area (Å²) in [6.45, 7) is 3.16. The van der Waals surface area contributed by atoms with Crippen molar-refractivity contribution in [3.8, 4) is 0 Å². The van der Waals surface area contributed by atoms with Crippen LogP contribution in [-0.4, -0.2) is 49.1 Å². The average molecular weight is 344 g/mol. The van der Waals surface area contributed by atoms with Gasteiger partial charge < -0.3 is 10.1 Å². The normalized spacial score (nSPS) is 15.8. The van der Waals surface area contributed by atoms with Gasteiger partial charge in [0.05, 0.1) is 6.10 Å². The minimum Gasteiger partial charge on any atom is -0.378 e. The van der Waals surface area contributed by atoms with Crippen LogP contribution in [0.4, 0.5) is 0 Å². The molecule has 0 aromatic heterocycles. The van der Waals surface area contributed by atoms with E-state index < -0.39 is 10.4 Å². The molecule has 1 fully saturated rings. The zero-order valence-corrected chi connectivity index (χ0v) is 14.2. The Hall–Kier alpha value is 0.140. The summed E-state index contributed by atoms with van der Waals surface area (Å²) in [4.78, 5) is 0. The number of hydrogen-bond acceptors (Lipinski definition) is 5. The molecule has 0 radical (unpaired) electrons. The van der Waals surface area contributed by atoms with Gasteiger partial charge in [-0.15, -0.1) is 0 Å². The molecular formula is C13H29NO5S2. The van der Waals surface area contributed by atoms with E-state index in [1.807, 2.05) is 0 Å². The minimum atomic E-state index is -4.67. The molecule has 1 aliphatic rings. The molecule has 0 heterocycles. The third kappa shape index (κ3) is 20.1. The molecule has 128 valence electrons. The van der Waals surface area contributed by atoms with Crippen LogP contribution in [0.3, 0.4) is 0 Å². The zero-order valence-electron chi connectivity index (χ0n) is 12.5. The van der Waals surface area contributed by atoms with Crippen LogP contribution in [0, 0.1) is 0 Å². The van der Waals surface area contributed by atoms with Gasteiger partial charge in [-0.05, 0) is 32.2 Å². The highest BCUT2D eigenvalue weighted by Crippen LogP contribution is 2.21. The lowest BCUT2D eigenvalue weighted by Crippen LogP contribution is -2.17. The Labute approximate surface area is 134 Å². The Morgan fingerprint density at radius 2 is 1.62 bits per heavy atom. The third-order valence-corrected chi connectivity index (χ3v) is 3.42. The second-order valence-electron chi connectivity index (χ2n) is 5.11. The predicted molar refractivity (Wildman–Crippen MR) is 87.6 cm³/mol. The van der Waals surface area contributed by atoms with Crippen molar-refractivity contribution in [1.82, 2.24) is 5.32 Å². The third-order valence-electron chi connectivity index (χ3n) is 3.19. The Morgan fingerprint density at radius 3 is 2.19 bits per heavy atom. The molecule has 0 spiro atoms. The van der Waals surface area contributed by atoms with Crippen LogP contribution in [0.5, 0.6) is 0 Å². The maximum atomic E-state index is 8.74. The summed E-state index contributed by atoms with van der Waals surface area (Å²) in [5, 5.41) is 3.36. The van der Waals surface area contributed by atoms with Crippen LogP contribution < -0.4 is 5.32 Å². The van der Waals surface area contributed by atoms with Crippen molar-refractivity contribution in [2.75, 3.05) is 25.4 Å². The molecule has 0 aliphatic heterocycles. The van der Waals surface area contributed by atoms with Crippen molar-refractivity contribution < 1.29 is 22.3 Å². The Kier molecular flexibility index (Phi) is 13.9. The molecule has 0 saturated heterocycles. The minimum absolute atomic E-state index is 0.594. The summed E-state index contributed by atoms with van der Waals surface area (Å²) in [5.41, 5.74) is 0.